The fourth-order valence-corrected chi connectivity index (χ4v) is 3.60. The maximum absolute atomic E-state index is 13.4. The zero-order valence-electron chi connectivity index (χ0n) is 15.1. The summed E-state index contributed by atoms with van der Waals surface area (Å²) in [6.45, 7) is 4.30. The van der Waals surface area contributed by atoms with Gasteiger partial charge in [0.2, 0.25) is 0 Å². The molecule has 0 aromatic heterocycles. The van der Waals surface area contributed by atoms with Gasteiger partial charge in [0.25, 0.3) is 0 Å². The first-order valence-corrected chi connectivity index (χ1v) is 9.03. The highest BCUT2D eigenvalue weighted by atomic mass is 19.1. The second-order valence-electron chi connectivity index (χ2n) is 6.98. The molecule has 0 radical (unpaired) electrons. The van der Waals surface area contributed by atoms with E-state index in [0.29, 0.717) is 6.54 Å². The fourth-order valence-electron chi connectivity index (χ4n) is 3.60. The minimum absolute atomic E-state index is 0.0221. The first-order valence-electron chi connectivity index (χ1n) is 9.03. The molecule has 1 aliphatic heterocycles. The molecular formula is C21H25FN2O2. The molecule has 0 atom stereocenters. The van der Waals surface area contributed by atoms with Gasteiger partial charge in [-0.2, -0.15) is 0 Å². The van der Waals surface area contributed by atoms with E-state index in [2.05, 4.69) is 36.1 Å². The lowest BCUT2D eigenvalue weighted by molar-refractivity contribution is -0.139. The van der Waals surface area contributed by atoms with E-state index in [4.69, 9.17) is 0 Å². The molecule has 1 aliphatic rings. The van der Waals surface area contributed by atoms with E-state index in [1.807, 2.05) is 11.0 Å². The van der Waals surface area contributed by atoms with Crippen LogP contribution in [0.5, 0.6) is 0 Å². The van der Waals surface area contributed by atoms with E-state index in [0.717, 1.165) is 31.5 Å². The maximum Gasteiger partial charge on any atom is 0.317 e. The van der Waals surface area contributed by atoms with E-state index < -0.39 is 5.97 Å². The summed E-state index contributed by atoms with van der Waals surface area (Å²) in [6, 6.07) is 15.1. The number of rotatable bonds is 6. The number of benzene rings is 2. The van der Waals surface area contributed by atoms with Crippen LogP contribution in [0.3, 0.4) is 0 Å². The molecule has 2 aromatic rings. The first kappa shape index (κ1) is 18.4. The van der Waals surface area contributed by atoms with Crippen LogP contribution >= 0.6 is 0 Å². The smallest absolute Gasteiger partial charge is 0.317 e. The first-order chi connectivity index (χ1) is 12.5. The van der Waals surface area contributed by atoms with E-state index in [-0.39, 0.29) is 18.4 Å². The number of carbonyl (C=O) groups is 1. The summed E-state index contributed by atoms with van der Waals surface area (Å²) in [5.74, 6) is -1.13. The minimum atomic E-state index is -0.845. The Morgan fingerprint density at radius 3 is 2.50 bits per heavy atom. The summed E-state index contributed by atoms with van der Waals surface area (Å²) in [5.41, 5.74) is 3.27. The second-order valence-corrected chi connectivity index (χ2v) is 6.98. The average molecular weight is 356 g/mol. The van der Waals surface area contributed by atoms with Crippen LogP contribution in [-0.2, 0) is 11.3 Å². The highest BCUT2D eigenvalue weighted by Gasteiger charge is 2.26. The van der Waals surface area contributed by atoms with Crippen molar-refractivity contribution in [3.8, 4) is 0 Å². The molecule has 3 rings (SSSR count). The Balaban J connectivity index is 1.64. The van der Waals surface area contributed by atoms with Crippen molar-refractivity contribution in [3.05, 3.63) is 65.5 Å². The van der Waals surface area contributed by atoms with Gasteiger partial charge in [-0.1, -0.05) is 29.8 Å². The molecule has 0 spiro atoms. The van der Waals surface area contributed by atoms with E-state index in [1.165, 1.54) is 23.4 Å². The van der Waals surface area contributed by atoms with E-state index >= 15 is 0 Å². The normalized spacial score (nSPS) is 15.4. The van der Waals surface area contributed by atoms with Gasteiger partial charge in [-0.05, 0) is 49.6 Å². The molecule has 0 bridgehead atoms. The molecule has 2 aromatic carbocycles. The van der Waals surface area contributed by atoms with Gasteiger partial charge in [-0.15, -0.1) is 0 Å². The number of aliphatic carboxylic acids is 1. The number of nitrogens with zero attached hydrogens (tertiary/aromatic N) is 2. The fraction of sp³-hybridized carbons (Fsp3) is 0.381. The molecular weight excluding hydrogens is 331 g/mol. The SMILES string of the molecule is Cc1ccc(N2CCC(N(CC(=O)O)Cc3cccc(F)c3)CC2)cc1. The van der Waals surface area contributed by atoms with Gasteiger partial charge in [-0.25, -0.2) is 4.39 Å². The number of hydrogen-bond acceptors (Lipinski definition) is 3. The lowest BCUT2D eigenvalue weighted by atomic mass is 10.0. The molecule has 5 heteroatoms. The third-order valence-electron chi connectivity index (χ3n) is 4.99. The summed E-state index contributed by atoms with van der Waals surface area (Å²) in [6.07, 6.45) is 1.80. The number of hydrogen-bond donors (Lipinski definition) is 1. The molecule has 1 saturated heterocycles. The van der Waals surface area contributed by atoms with E-state index in [9.17, 15) is 14.3 Å². The topological polar surface area (TPSA) is 43.8 Å². The molecule has 0 amide bonds. The standard InChI is InChI=1S/C21H25FN2O2/c1-16-5-7-19(8-6-16)23-11-9-20(10-12-23)24(15-21(25)26)14-17-3-2-4-18(22)13-17/h2-8,13,20H,9-12,14-15H2,1H3,(H,25,26). The van der Waals surface area contributed by atoms with Crippen molar-refractivity contribution in [2.45, 2.75) is 32.4 Å². The Hall–Kier alpha value is -2.40. The maximum atomic E-state index is 13.4. The van der Waals surface area contributed by atoms with Crippen molar-refractivity contribution in [1.82, 2.24) is 4.90 Å². The van der Waals surface area contributed by atoms with Gasteiger partial charge >= 0.3 is 5.97 Å². The van der Waals surface area contributed by atoms with Crippen LogP contribution < -0.4 is 4.90 Å². The number of aryl methyl sites for hydroxylation is 1. The largest absolute Gasteiger partial charge is 0.480 e. The van der Waals surface area contributed by atoms with Crippen LogP contribution in [0.1, 0.15) is 24.0 Å². The minimum Gasteiger partial charge on any atom is -0.480 e. The molecule has 4 nitrogen and oxygen atoms in total. The number of halogens is 1. The van der Waals surface area contributed by atoms with Crippen molar-refractivity contribution >= 4 is 11.7 Å². The zero-order valence-corrected chi connectivity index (χ0v) is 15.1. The Labute approximate surface area is 153 Å². The third kappa shape index (κ3) is 4.82. The van der Waals surface area contributed by atoms with Crippen LogP contribution in [0.25, 0.3) is 0 Å². The van der Waals surface area contributed by atoms with Crippen molar-refractivity contribution in [2.75, 3.05) is 24.5 Å². The lowest BCUT2D eigenvalue weighted by Crippen LogP contribution is -2.46. The van der Waals surface area contributed by atoms with Gasteiger partial charge in [-0.3, -0.25) is 9.69 Å². The predicted molar refractivity (Wildman–Crippen MR) is 101 cm³/mol. The summed E-state index contributed by atoms with van der Waals surface area (Å²) in [4.78, 5) is 15.6. The van der Waals surface area contributed by atoms with Crippen LogP contribution in [0.4, 0.5) is 10.1 Å². The lowest BCUT2D eigenvalue weighted by Gasteiger charge is -2.39. The molecule has 138 valence electrons. The second kappa shape index (κ2) is 8.32. The van der Waals surface area contributed by atoms with Gasteiger partial charge in [0.15, 0.2) is 0 Å². The monoisotopic (exact) mass is 356 g/mol. The molecule has 0 saturated carbocycles. The zero-order chi connectivity index (χ0) is 18.5. The van der Waals surface area contributed by atoms with Gasteiger partial charge < -0.3 is 10.0 Å². The summed E-state index contributed by atoms with van der Waals surface area (Å²) < 4.78 is 13.4. The Morgan fingerprint density at radius 2 is 1.88 bits per heavy atom. The van der Waals surface area contributed by atoms with Crippen molar-refractivity contribution < 1.29 is 14.3 Å². The third-order valence-corrected chi connectivity index (χ3v) is 4.99. The summed E-state index contributed by atoms with van der Waals surface area (Å²) >= 11 is 0. The molecule has 0 aliphatic carbocycles. The number of anilines is 1. The van der Waals surface area contributed by atoms with Crippen molar-refractivity contribution in [2.24, 2.45) is 0 Å². The van der Waals surface area contributed by atoms with Gasteiger partial charge in [0.1, 0.15) is 5.82 Å². The highest BCUT2D eigenvalue weighted by Crippen LogP contribution is 2.24. The van der Waals surface area contributed by atoms with Crippen LogP contribution in [-0.4, -0.2) is 41.7 Å². The Kier molecular flexibility index (Phi) is 5.89. The van der Waals surface area contributed by atoms with Crippen LogP contribution in [0, 0.1) is 12.7 Å². The van der Waals surface area contributed by atoms with Gasteiger partial charge in [0, 0.05) is 31.4 Å². The van der Waals surface area contributed by atoms with Crippen LogP contribution in [0.15, 0.2) is 48.5 Å². The van der Waals surface area contributed by atoms with Crippen molar-refractivity contribution in [1.29, 1.82) is 0 Å². The summed E-state index contributed by atoms with van der Waals surface area (Å²) in [5, 5.41) is 9.28. The van der Waals surface area contributed by atoms with Crippen LogP contribution in [0.2, 0.25) is 0 Å². The molecule has 26 heavy (non-hydrogen) atoms. The quantitative estimate of drug-likeness (QED) is 0.857. The molecule has 1 N–H and O–H groups in total. The number of carboxylic acids is 1. The Morgan fingerprint density at radius 1 is 1.19 bits per heavy atom. The number of carboxylic acid groups (broad SMARTS) is 1. The molecule has 1 heterocycles. The van der Waals surface area contributed by atoms with E-state index in [1.54, 1.807) is 6.07 Å². The average Bonchev–Trinajstić information content (AvgIpc) is 2.62. The molecule has 1 fully saturated rings. The highest BCUT2D eigenvalue weighted by molar-refractivity contribution is 5.69. The van der Waals surface area contributed by atoms with Gasteiger partial charge in [0.05, 0.1) is 6.54 Å². The number of piperidine rings is 1. The molecule has 0 unspecified atom stereocenters. The summed E-state index contributed by atoms with van der Waals surface area (Å²) in [7, 11) is 0. The van der Waals surface area contributed by atoms with Crippen molar-refractivity contribution in [3.63, 3.8) is 0 Å². The predicted octanol–water partition coefficient (Wildman–Crippen LogP) is 3.69. The Bertz CT molecular complexity index is 740.